The Balaban J connectivity index is 1.90. The maximum Gasteiger partial charge on any atom is 0.323 e. The van der Waals surface area contributed by atoms with Crippen LogP contribution in [0.3, 0.4) is 0 Å². The van der Waals surface area contributed by atoms with Gasteiger partial charge in [0.15, 0.2) is 0 Å². The third-order valence-corrected chi connectivity index (χ3v) is 3.80. The van der Waals surface area contributed by atoms with Crippen molar-refractivity contribution in [3.63, 3.8) is 0 Å². The molecule has 0 aliphatic carbocycles. The largest absolute Gasteiger partial charge is 0.468 e. The lowest BCUT2D eigenvalue weighted by Gasteiger charge is -2.06. The molecule has 0 fully saturated rings. The molecule has 1 aromatic carbocycles. The monoisotopic (exact) mass is 307 g/mol. The number of hydrogen-bond acceptors (Lipinski definition) is 7. The van der Waals surface area contributed by atoms with E-state index in [1.807, 2.05) is 31.2 Å². The lowest BCUT2D eigenvalue weighted by molar-refractivity contribution is -0.141. The Labute approximate surface area is 127 Å². The second kappa shape index (κ2) is 7.24. The van der Waals surface area contributed by atoms with Gasteiger partial charge in [0.1, 0.15) is 6.04 Å². The lowest BCUT2D eigenvalue weighted by atomic mass is 10.1. The van der Waals surface area contributed by atoms with Crippen LogP contribution in [0.1, 0.15) is 11.5 Å². The number of rotatable bonds is 6. The van der Waals surface area contributed by atoms with Crippen LogP contribution in [0, 0.1) is 6.92 Å². The molecule has 1 atom stereocenters. The van der Waals surface area contributed by atoms with Gasteiger partial charge in [-0.1, -0.05) is 17.7 Å². The first-order chi connectivity index (χ1) is 10.1. The number of aryl methyl sites for hydroxylation is 1. The van der Waals surface area contributed by atoms with Crippen LogP contribution in [-0.4, -0.2) is 35.1 Å². The Morgan fingerprint density at radius 2 is 2.29 bits per heavy atom. The SMILES string of the molecule is COC(=O)C(N)CSCc1nnc(-c2cccc(C)c2)o1. The summed E-state index contributed by atoms with van der Waals surface area (Å²) in [7, 11) is 1.32. The number of benzene rings is 1. The van der Waals surface area contributed by atoms with Crippen LogP contribution in [0.4, 0.5) is 0 Å². The molecule has 6 nitrogen and oxygen atoms in total. The topological polar surface area (TPSA) is 91.2 Å². The van der Waals surface area contributed by atoms with E-state index in [0.29, 0.717) is 23.3 Å². The number of thioether (sulfide) groups is 1. The van der Waals surface area contributed by atoms with Gasteiger partial charge in [-0.15, -0.1) is 22.0 Å². The van der Waals surface area contributed by atoms with E-state index >= 15 is 0 Å². The molecule has 2 N–H and O–H groups in total. The van der Waals surface area contributed by atoms with Crippen molar-refractivity contribution in [3.05, 3.63) is 35.7 Å². The summed E-state index contributed by atoms with van der Waals surface area (Å²) < 4.78 is 10.2. The van der Waals surface area contributed by atoms with E-state index in [2.05, 4.69) is 14.9 Å². The Kier molecular flexibility index (Phi) is 5.35. The zero-order chi connectivity index (χ0) is 15.2. The van der Waals surface area contributed by atoms with E-state index in [1.54, 1.807) is 0 Å². The Bertz CT molecular complexity index is 615. The van der Waals surface area contributed by atoms with Crippen molar-refractivity contribution in [1.82, 2.24) is 10.2 Å². The number of esters is 1. The smallest absolute Gasteiger partial charge is 0.323 e. The van der Waals surface area contributed by atoms with Crippen molar-refractivity contribution >= 4 is 17.7 Å². The molecule has 1 aromatic heterocycles. The first kappa shape index (κ1) is 15.5. The summed E-state index contributed by atoms with van der Waals surface area (Å²) in [6.07, 6.45) is 0. The first-order valence-corrected chi connectivity index (χ1v) is 7.56. The minimum Gasteiger partial charge on any atom is -0.468 e. The van der Waals surface area contributed by atoms with Crippen molar-refractivity contribution in [3.8, 4) is 11.5 Å². The van der Waals surface area contributed by atoms with E-state index in [0.717, 1.165) is 11.1 Å². The number of nitrogens with two attached hydrogens (primary N) is 1. The molecular formula is C14H17N3O3S. The van der Waals surface area contributed by atoms with Crippen LogP contribution in [0.15, 0.2) is 28.7 Å². The van der Waals surface area contributed by atoms with E-state index in [9.17, 15) is 4.79 Å². The summed E-state index contributed by atoms with van der Waals surface area (Å²) in [5.41, 5.74) is 7.67. The van der Waals surface area contributed by atoms with Crippen molar-refractivity contribution in [1.29, 1.82) is 0 Å². The molecule has 1 heterocycles. The third kappa shape index (κ3) is 4.30. The first-order valence-electron chi connectivity index (χ1n) is 6.40. The zero-order valence-electron chi connectivity index (χ0n) is 11.9. The molecule has 0 aliphatic heterocycles. The fourth-order valence-electron chi connectivity index (χ4n) is 1.70. The average Bonchev–Trinajstić information content (AvgIpc) is 2.95. The molecule has 0 spiro atoms. The number of carbonyl (C=O) groups excluding carboxylic acids is 1. The van der Waals surface area contributed by atoms with Crippen LogP contribution in [0.5, 0.6) is 0 Å². The highest BCUT2D eigenvalue weighted by molar-refractivity contribution is 7.98. The van der Waals surface area contributed by atoms with Gasteiger partial charge in [0, 0.05) is 11.3 Å². The zero-order valence-corrected chi connectivity index (χ0v) is 12.7. The molecule has 0 bridgehead atoms. The molecule has 2 aromatic rings. The normalized spacial score (nSPS) is 12.1. The summed E-state index contributed by atoms with van der Waals surface area (Å²) in [5, 5.41) is 8.01. The molecule has 21 heavy (non-hydrogen) atoms. The molecule has 112 valence electrons. The highest BCUT2D eigenvalue weighted by Crippen LogP contribution is 2.20. The molecule has 7 heteroatoms. The minimum absolute atomic E-state index is 0.423. The van der Waals surface area contributed by atoms with E-state index < -0.39 is 12.0 Å². The van der Waals surface area contributed by atoms with Crippen LogP contribution in [0.25, 0.3) is 11.5 Å². The van der Waals surface area contributed by atoms with Gasteiger partial charge in [0.05, 0.1) is 12.9 Å². The van der Waals surface area contributed by atoms with Crippen LogP contribution >= 0.6 is 11.8 Å². The van der Waals surface area contributed by atoms with Gasteiger partial charge in [0.2, 0.25) is 11.8 Å². The van der Waals surface area contributed by atoms with Gasteiger partial charge in [-0.3, -0.25) is 4.79 Å². The fourth-order valence-corrected chi connectivity index (χ4v) is 2.50. The van der Waals surface area contributed by atoms with Gasteiger partial charge in [-0.05, 0) is 19.1 Å². The lowest BCUT2D eigenvalue weighted by Crippen LogP contribution is -2.33. The molecule has 0 saturated carbocycles. The minimum atomic E-state index is -0.640. The Morgan fingerprint density at radius 3 is 3.00 bits per heavy atom. The second-order valence-electron chi connectivity index (χ2n) is 4.52. The Hall–Kier alpha value is -1.86. The third-order valence-electron chi connectivity index (χ3n) is 2.76. The van der Waals surface area contributed by atoms with Crippen molar-refractivity contribution in [2.45, 2.75) is 18.7 Å². The predicted octanol–water partition coefficient (Wildman–Crippen LogP) is 1.78. The fraction of sp³-hybridized carbons (Fsp3) is 0.357. The highest BCUT2D eigenvalue weighted by Gasteiger charge is 2.14. The molecule has 0 amide bonds. The molecule has 0 aliphatic rings. The average molecular weight is 307 g/mol. The number of ether oxygens (including phenoxy) is 1. The van der Waals surface area contributed by atoms with Crippen LogP contribution < -0.4 is 5.73 Å². The van der Waals surface area contributed by atoms with E-state index in [1.165, 1.54) is 18.9 Å². The van der Waals surface area contributed by atoms with Gasteiger partial charge in [-0.2, -0.15) is 0 Å². The van der Waals surface area contributed by atoms with Crippen molar-refractivity contribution in [2.24, 2.45) is 5.73 Å². The summed E-state index contributed by atoms with van der Waals surface area (Å²) >= 11 is 1.45. The number of hydrogen-bond donors (Lipinski definition) is 1. The van der Waals surface area contributed by atoms with Crippen molar-refractivity contribution < 1.29 is 13.9 Å². The quantitative estimate of drug-likeness (QED) is 0.813. The number of aromatic nitrogens is 2. The maximum absolute atomic E-state index is 11.2. The maximum atomic E-state index is 11.2. The number of carbonyl (C=O) groups is 1. The van der Waals surface area contributed by atoms with Gasteiger partial charge >= 0.3 is 5.97 Å². The molecule has 2 rings (SSSR count). The number of nitrogens with zero attached hydrogens (tertiary/aromatic N) is 2. The highest BCUT2D eigenvalue weighted by atomic mass is 32.2. The molecule has 0 radical (unpaired) electrons. The van der Waals surface area contributed by atoms with Gasteiger partial charge in [-0.25, -0.2) is 0 Å². The summed E-state index contributed by atoms with van der Waals surface area (Å²) in [4.78, 5) is 11.2. The van der Waals surface area contributed by atoms with E-state index in [4.69, 9.17) is 10.2 Å². The van der Waals surface area contributed by atoms with Gasteiger partial charge in [0.25, 0.3) is 0 Å². The molecular weight excluding hydrogens is 290 g/mol. The van der Waals surface area contributed by atoms with Gasteiger partial charge < -0.3 is 14.9 Å². The van der Waals surface area contributed by atoms with Crippen LogP contribution in [-0.2, 0) is 15.3 Å². The van der Waals surface area contributed by atoms with E-state index in [-0.39, 0.29) is 0 Å². The summed E-state index contributed by atoms with van der Waals surface area (Å²) in [6.45, 7) is 2.00. The number of methoxy groups -OCH3 is 1. The molecule has 0 saturated heterocycles. The Morgan fingerprint density at radius 1 is 1.48 bits per heavy atom. The standard InChI is InChI=1S/C14H17N3O3S/c1-9-4-3-5-10(6-9)13-17-16-12(20-13)8-21-7-11(15)14(18)19-2/h3-6,11H,7-8,15H2,1-2H3. The second-order valence-corrected chi connectivity index (χ2v) is 5.55. The summed E-state index contributed by atoms with van der Waals surface area (Å²) in [5.74, 6) is 1.52. The predicted molar refractivity (Wildman–Crippen MR) is 80.6 cm³/mol. The van der Waals surface area contributed by atoms with Crippen molar-refractivity contribution in [2.75, 3.05) is 12.9 Å². The van der Waals surface area contributed by atoms with Crippen LogP contribution in [0.2, 0.25) is 0 Å². The molecule has 1 unspecified atom stereocenters. The summed E-state index contributed by atoms with van der Waals surface area (Å²) in [6, 6.07) is 7.21.